The lowest BCUT2D eigenvalue weighted by Gasteiger charge is -2.33. The molecule has 0 unspecified atom stereocenters. The Morgan fingerprint density at radius 3 is 2.17 bits per heavy atom. The minimum absolute atomic E-state index is 0.0799. The second-order valence-electron chi connectivity index (χ2n) is 6.06. The van der Waals surface area contributed by atoms with E-state index >= 15 is 0 Å². The fraction of sp³-hybridized carbons (Fsp3) is 0.588. The minimum atomic E-state index is -3.54. The van der Waals surface area contributed by atoms with E-state index in [2.05, 4.69) is 0 Å². The van der Waals surface area contributed by atoms with E-state index in [0.717, 1.165) is 38.8 Å². The Bertz CT molecular complexity index is 608. The van der Waals surface area contributed by atoms with Gasteiger partial charge in [0.2, 0.25) is 15.9 Å². The molecule has 1 fully saturated rings. The van der Waals surface area contributed by atoms with E-state index in [1.807, 2.05) is 17.9 Å². The van der Waals surface area contributed by atoms with Gasteiger partial charge in [-0.3, -0.25) is 9.10 Å². The van der Waals surface area contributed by atoms with Crippen LogP contribution in [0.3, 0.4) is 0 Å². The van der Waals surface area contributed by atoms with Crippen molar-refractivity contribution in [2.45, 2.75) is 45.1 Å². The summed E-state index contributed by atoms with van der Waals surface area (Å²) in [7, 11) is -3.54. The molecular weight excluding hydrogens is 312 g/mol. The van der Waals surface area contributed by atoms with Crippen LogP contribution in [0.15, 0.2) is 30.3 Å². The van der Waals surface area contributed by atoms with E-state index in [-0.39, 0.29) is 5.91 Å². The van der Waals surface area contributed by atoms with Gasteiger partial charge >= 0.3 is 0 Å². The molecule has 0 aliphatic carbocycles. The van der Waals surface area contributed by atoms with Crippen molar-refractivity contribution >= 4 is 21.6 Å². The van der Waals surface area contributed by atoms with Crippen molar-refractivity contribution in [1.29, 1.82) is 0 Å². The molecular formula is C17H26N2O3S. The quantitative estimate of drug-likeness (QED) is 0.829. The van der Waals surface area contributed by atoms with Crippen LogP contribution in [0.1, 0.15) is 39.0 Å². The zero-order valence-electron chi connectivity index (χ0n) is 13.9. The predicted molar refractivity (Wildman–Crippen MR) is 92.9 cm³/mol. The Balaban J connectivity index is 2.32. The van der Waals surface area contributed by atoms with Gasteiger partial charge in [-0.15, -0.1) is 0 Å². The summed E-state index contributed by atoms with van der Waals surface area (Å²) in [5.74, 6) is -0.0799. The van der Waals surface area contributed by atoms with Crippen LogP contribution in [0.25, 0.3) is 0 Å². The Morgan fingerprint density at radius 1 is 1.13 bits per heavy atom. The van der Waals surface area contributed by atoms with E-state index in [0.29, 0.717) is 12.1 Å². The van der Waals surface area contributed by atoms with Gasteiger partial charge < -0.3 is 4.90 Å². The number of hydrogen-bond acceptors (Lipinski definition) is 3. The zero-order chi connectivity index (χ0) is 16.9. The van der Waals surface area contributed by atoms with Crippen LogP contribution in [-0.2, 0) is 14.8 Å². The Labute approximate surface area is 139 Å². The third kappa shape index (κ3) is 4.47. The van der Waals surface area contributed by atoms with Crippen molar-refractivity contribution in [3.8, 4) is 0 Å². The van der Waals surface area contributed by atoms with Crippen LogP contribution in [0.5, 0.6) is 0 Å². The number of likely N-dealkylation sites (tertiary alicyclic amines) is 1. The van der Waals surface area contributed by atoms with Gasteiger partial charge in [0.05, 0.1) is 11.9 Å². The van der Waals surface area contributed by atoms with Gasteiger partial charge in [0, 0.05) is 13.1 Å². The van der Waals surface area contributed by atoms with Crippen molar-refractivity contribution in [2.75, 3.05) is 23.7 Å². The number of carbonyl (C=O) groups is 1. The zero-order valence-corrected chi connectivity index (χ0v) is 14.8. The Morgan fingerprint density at radius 2 is 1.70 bits per heavy atom. The Hall–Kier alpha value is -1.56. The smallest absolute Gasteiger partial charge is 0.246 e. The fourth-order valence-corrected chi connectivity index (χ4v) is 4.33. The van der Waals surface area contributed by atoms with Gasteiger partial charge in [-0.25, -0.2) is 8.42 Å². The molecule has 0 saturated carbocycles. The SMILES string of the molecule is CC[C@H](C(=O)N1CCCCCC1)N(c1ccccc1)S(C)(=O)=O. The van der Waals surface area contributed by atoms with E-state index in [1.54, 1.807) is 24.3 Å². The summed E-state index contributed by atoms with van der Waals surface area (Å²) >= 11 is 0. The van der Waals surface area contributed by atoms with Gasteiger partial charge in [0.25, 0.3) is 0 Å². The first-order valence-corrected chi connectivity index (χ1v) is 10.1. The summed E-state index contributed by atoms with van der Waals surface area (Å²) in [5, 5.41) is 0. The molecule has 1 aliphatic heterocycles. The topological polar surface area (TPSA) is 57.7 Å². The molecule has 2 rings (SSSR count). The van der Waals surface area contributed by atoms with E-state index in [9.17, 15) is 13.2 Å². The standard InChI is InChI=1S/C17H26N2O3S/c1-3-16(17(20)18-13-9-4-5-10-14-18)19(23(2,21)22)15-11-7-6-8-12-15/h6-8,11-12,16H,3-5,9-10,13-14H2,1-2H3/t16-/m1/s1. The second kappa shape index (κ2) is 7.81. The van der Waals surface area contributed by atoms with Crippen molar-refractivity contribution in [3.05, 3.63) is 30.3 Å². The van der Waals surface area contributed by atoms with Gasteiger partial charge in [-0.2, -0.15) is 0 Å². The first-order valence-electron chi connectivity index (χ1n) is 8.28. The molecule has 0 aromatic heterocycles. The maximum atomic E-state index is 13.0. The lowest BCUT2D eigenvalue weighted by atomic mass is 10.1. The number of para-hydroxylation sites is 1. The van der Waals surface area contributed by atoms with Crippen LogP contribution in [0, 0.1) is 0 Å². The molecule has 1 aliphatic rings. The number of benzene rings is 1. The maximum absolute atomic E-state index is 13.0. The molecule has 1 saturated heterocycles. The highest BCUT2D eigenvalue weighted by molar-refractivity contribution is 7.92. The van der Waals surface area contributed by atoms with Gasteiger partial charge in [0.1, 0.15) is 6.04 Å². The average molecular weight is 338 g/mol. The second-order valence-corrected chi connectivity index (χ2v) is 7.92. The van der Waals surface area contributed by atoms with Crippen molar-refractivity contribution in [1.82, 2.24) is 4.90 Å². The monoisotopic (exact) mass is 338 g/mol. The number of hydrogen-bond donors (Lipinski definition) is 0. The van der Waals surface area contributed by atoms with Crippen LogP contribution < -0.4 is 4.31 Å². The van der Waals surface area contributed by atoms with E-state index in [1.165, 1.54) is 10.6 Å². The van der Waals surface area contributed by atoms with Crippen LogP contribution in [0.4, 0.5) is 5.69 Å². The molecule has 1 atom stereocenters. The third-order valence-corrected chi connectivity index (χ3v) is 5.42. The summed E-state index contributed by atoms with van der Waals surface area (Å²) in [6, 6.07) is 8.21. The molecule has 0 bridgehead atoms. The number of amides is 1. The molecule has 5 nitrogen and oxygen atoms in total. The maximum Gasteiger partial charge on any atom is 0.246 e. The van der Waals surface area contributed by atoms with Gasteiger partial charge in [-0.1, -0.05) is 38.0 Å². The summed E-state index contributed by atoms with van der Waals surface area (Å²) in [4.78, 5) is 14.8. The lowest BCUT2D eigenvalue weighted by Crippen LogP contribution is -2.51. The minimum Gasteiger partial charge on any atom is -0.341 e. The van der Waals surface area contributed by atoms with Crippen molar-refractivity contribution < 1.29 is 13.2 Å². The fourth-order valence-electron chi connectivity index (χ4n) is 3.12. The molecule has 1 heterocycles. The average Bonchev–Trinajstić information content (AvgIpc) is 2.80. The number of anilines is 1. The number of rotatable bonds is 5. The molecule has 1 amide bonds. The molecule has 6 heteroatoms. The largest absolute Gasteiger partial charge is 0.341 e. The first-order chi connectivity index (χ1) is 10.9. The molecule has 0 radical (unpaired) electrons. The molecule has 128 valence electrons. The highest BCUT2D eigenvalue weighted by Crippen LogP contribution is 2.24. The summed E-state index contributed by atoms with van der Waals surface area (Å²) in [5.41, 5.74) is 0.546. The lowest BCUT2D eigenvalue weighted by molar-refractivity contribution is -0.132. The summed E-state index contributed by atoms with van der Waals surface area (Å²) < 4.78 is 26.0. The highest BCUT2D eigenvalue weighted by atomic mass is 32.2. The van der Waals surface area contributed by atoms with E-state index in [4.69, 9.17) is 0 Å². The summed E-state index contributed by atoms with van der Waals surface area (Å²) in [6.07, 6.45) is 5.87. The van der Waals surface area contributed by atoms with Gasteiger partial charge in [-0.05, 0) is 31.4 Å². The molecule has 1 aromatic carbocycles. The van der Waals surface area contributed by atoms with Crippen LogP contribution in [-0.4, -0.2) is 44.6 Å². The number of carbonyl (C=O) groups excluding carboxylic acids is 1. The molecule has 1 aromatic rings. The molecule has 23 heavy (non-hydrogen) atoms. The van der Waals surface area contributed by atoms with E-state index < -0.39 is 16.1 Å². The van der Waals surface area contributed by atoms with Crippen molar-refractivity contribution in [2.24, 2.45) is 0 Å². The van der Waals surface area contributed by atoms with Crippen LogP contribution in [0.2, 0.25) is 0 Å². The molecule has 0 N–H and O–H groups in total. The first kappa shape index (κ1) is 17.8. The van der Waals surface area contributed by atoms with Crippen molar-refractivity contribution in [3.63, 3.8) is 0 Å². The Kier molecular flexibility index (Phi) is 6.04. The van der Waals surface area contributed by atoms with Gasteiger partial charge in [0.15, 0.2) is 0 Å². The highest BCUT2D eigenvalue weighted by Gasteiger charge is 2.34. The normalized spacial score (nSPS) is 17.4. The molecule has 0 spiro atoms. The predicted octanol–water partition coefficient (Wildman–Crippen LogP) is 2.63. The number of sulfonamides is 1. The van der Waals surface area contributed by atoms with Crippen LogP contribution >= 0.6 is 0 Å². The third-order valence-electron chi connectivity index (χ3n) is 4.24. The number of nitrogens with zero attached hydrogens (tertiary/aromatic N) is 2. The summed E-state index contributed by atoms with van der Waals surface area (Å²) in [6.45, 7) is 3.31.